The van der Waals surface area contributed by atoms with E-state index in [2.05, 4.69) is 5.32 Å². The van der Waals surface area contributed by atoms with Crippen LogP contribution in [0.1, 0.15) is 47.6 Å². The van der Waals surface area contributed by atoms with Crippen LogP contribution in [0.3, 0.4) is 0 Å². The number of carbonyl (C=O) groups excluding carboxylic acids is 2. The second-order valence-electron chi connectivity index (χ2n) is 11.7. The van der Waals surface area contributed by atoms with E-state index in [1.54, 1.807) is 0 Å². The molecular formula is C27H29F4N3O7. The fourth-order valence-electron chi connectivity index (χ4n) is 7.75. The lowest BCUT2D eigenvalue weighted by molar-refractivity contribution is -0.139. The molecule has 222 valence electrons. The molecule has 1 aromatic rings. The molecule has 5 aliphatic rings. The monoisotopic (exact) mass is 583 g/mol. The molecule has 3 aliphatic carbocycles. The molecule has 1 spiro atoms. The smallest absolute Gasteiger partial charge is 0.417 e. The normalized spacial score (nSPS) is 36.2. The van der Waals surface area contributed by atoms with Crippen LogP contribution in [0.4, 0.5) is 17.6 Å². The standard InChI is InChI=1S/C27H29F4N3O7/c1-34(2)20-13-6-9-5-12-17(15(35)7-11(18(12)27(29,30)31)14-4-3-10(8-28)33-14)21(36)16(9)23(38)25(13)26(40,41-25)19(22(20)37)24(32)39/h7,9-10,13-14,20,33,35-37,40H,3-6,8H2,1-2H3,(H2,32,39)/t9-,10?,13-,14?,20-,25-,26?/m0/s1. The molecule has 14 heteroatoms. The Balaban J connectivity index is 1.53. The van der Waals surface area contributed by atoms with Crippen molar-refractivity contribution < 1.29 is 52.3 Å². The van der Waals surface area contributed by atoms with Crippen molar-refractivity contribution in [3.63, 3.8) is 0 Å². The Kier molecular flexibility index (Phi) is 5.90. The number of ketones is 1. The zero-order chi connectivity index (χ0) is 30.0. The summed E-state index contributed by atoms with van der Waals surface area (Å²) in [4.78, 5) is 27.7. The number of aliphatic hydroxyl groups is 3. The third-order valence-corrected chi connectivity index (χ3v) is 9.35. The van der Waals surface area contributed by atoms with Gasteiger partial charge in [-0.25, -0.2) is 4.39 Å². The van der Waals surface area contributed by atoms with Gasteiger partial charge in [0.15, 0.2) is 5.60 Å². The van der Waals surface area contributed by atoms with Crippen molar-refractivity contribution in [2.24, 2.45) is 17.6 Å². The number of amides is 1. The molecule has 0 radical (unpaired) electrons. The third-order valence-electron chi connectivity index (χ3n) is 9.35. The molecule has 0 bridgehead atoms. The average molecular weight is 584 g/mol. The summed E-state index contributed by atoms with van der Waals surface area (Å²) in [7, 11) is 3.07. The largest absolute Gasteiger partial charge is 0.510 e. The summed E-state index contributed by atoms with van der Waals surface area (Å²) in [5.41, 5.74) is -0.103. The van der Waals surface area contributed by atoms with Crippen molar-refractivity contribution in [2.45, 2.75) is 61.4 Å². The number of hydrogen-bond acceptors (Lipinski definition) is 9. The van der Waals surface area contributed by atoms with E-state index in [0.29, 0.717) is 6.42 Å². The number of nitrogens with one attached hydrogen (secondary N) is 1. The van der Waals surface area contributed by atoms with Crippen LogP contribution in [-0.4, -0.2) is 81.3 Å². The number of nitrogens with zero attached hydrogens (tertiary/aromatic N) is 1. The molecule has 1 saturated carbocycles. The fraction of sp³-hybridized carbons (Fsp3) is 0.556. The Morgan fingerprint density at radius 1 is 1.24 bits per heavy atom. The van der Waals surface area contributed by atoms with Crippen molar-refractivity contribution in [2.75, 3.05) is 20.8 Å². The lowest BCUT2D eigenvalue weighted by Crippen LogP contribution is -2.60. The summed E-state index contributed by atoms with van der Waals surface area (Å²) in [5.74, 6) is -9.05. The zero-order valence-corrected chi connectivity index (χ0v) is 22.0. The molecule has 10 nitrogen and oxygen atoms in total. The number of phenolic OH excluding ortho intramolecular Hbond substituents is 1. The molecule has 1 amide bonds. The van der Waals surface area contributed by atoms with E-state index in [9.17, 15) is 47.6 Å². The van der Waals surface area contributed by atoms with Crippen LogP contribution in [0, 0.1) is 11.8 Å². The molecule has 1 aromatic carbocycles. The quantitative estimate of drug-likeness (QED) is 0.229. The van der Waals surface area contributed by atoms with Crippen molar-refractivity contribution in [1.29, 1.82) is 0 Å². The minimum atomic E-state index is -4.92. The molecule has 2 aliphatic heterocycles. The van der Waals surface area contributed by atoms with Crippen LogP contribution < -0.4 is 11.1 Å². The highest BCUT2D eigenvalue weighted by atomic mass is 19.4. The highest BCUT2D eigenvalue weighted by molar-refractivity contribution is 6.14. The Labute approximate surface area is 231 Å². The lowest BCUT2D eigenvalue weighted by Gasteiger charge is -2.46. The van der Waals surface area contributed by atoms with Crippen LogP contribution >= 0.6 is 0 Å². The van der Waals surface area contributed by atoms with Gasteiger partial charge in [-0.05, 0) is 62.9 Å². The van der Waals surface area contributed by atoms with Crippen LogP contribution in [0.25, 0.3) is 5.76 Å². The second-order valence-corrected chi connectivity index (χ2v) is 11.7. The van der Waals surface area contributed by atoms with E-state index < -0.39 is 112 Å². The van der Waals surface area contributed by atoms with E-state index in [-0.39, 0.29) is 24.0 Å². The molecular weight excluding hydrogens is 554 g/mol. The third kappa shape index (κ3) is 3.50. The number of ether oxygens (including phenoxy) is 1. The van der Waals surface area contributed by atoms with Crippen molar-refractivity contribution >= 4 is 17.4 Å². The first-order valence-corrected chi connectivity index (χ1v) is 13.2. The summed E-state index contributed by atoms with van der Waals surface area (Å²) in [6.07, 6.45) is -4.96. The van der Waals surface area contributed by atoms with Gasteiger partial charge in [-0.2, -0.15) is 13.2 Å². The number of alkyl halides is 4. The molecule has 3 unspecified atom stereocenters. The number of likely N-dealkylation sites (N-methyl/N-ethyl adjacent to an activating group) is 1. The van der Waals surface area contributed by atoms with Gasteiger partial charge in [-0.3, -0.25) is 14.5 Å². The molecule has 6 rings (SSSR count). The Morgan fingerprint density at radius 2 is 1.93 bits per heavy atom. The predicted molar refractivity (Wildman–Crippen MR) is 133 cm³/mol. The topological polar surface area (TPSA) is 169 Å². The van der Waals surface area contributed by atoms with Crippen LogP contribution in [0.2, 0.25) is 0 Å². The second kappa shape index (κ2) is 8.66. The minimum Gasteiger partial charge on any atom is -0.510 e. The maximum atomic E-state index is 14.7. The van der Waals surface area contributed by atoms with Gasteiger partial charge in [0.05, 0.1) is 17.2 Å². The molecule has 2 heterocycles. The SMILES string of the molecule is CN(C)[C@@H]1C(O)=C(C(N)=O)C2(O)O[C@@]23C(=O)C2=C(O)c4c(O)cc(C5CCC(CF)N5)c(C(F)(F)F)c4C[C@H]2C[C@@H]13. The molecule has 41 heavy (non-hydrogen) atoms. The van der Waals surface area contributed by atoms with Crippen LogP contribution in [-0.2, 0) is 26.9 Å². The van der Waals surface area contributed by atoms with E-state index in [4.69, 9.17) is 10.5 Å². The number of benzene rings is 1. The highest BCUT2D eigenvalue weighted by Gasteiger charge is 2.86. The van der Waals surface area contributed by atoms with Gasteiger partial charge >= 0.3 is 6.18 Å². The first-order valence-electron chi connectivity index (χ1n) is 13.2. The molecule has 7 atom stereocenters. The van der Waals surface area contributed by atoms with Gasteiger partial charge in [0, 0.05) is 23.6 Å². The molecule has 0 aromatic heterocycles. The molecule has 3 fully saturated rings. The van der Waals surface area contributed by atoms with Gasteiger partial charge in [0.2, 0.25) is 11.6 Å². The highest BCUT2D eigenvalue weighted by Crippen LogP contribution is 2.67. The van der Waals surface area contributed by atoms with Crippen molar-refractivity contribution in [1.82, 2.24) is 10.2 Å². The minimum absolute atomic E-state index is 0.125. The maximum Gasteiger partial charge on any atom is 0.417 e. The number of primary amides is 1. The Hall–Kier alpha value is -3.20. The van der Waals surface area contributed by atoms with Gasteiger partial charge in [-0.1, -0.05) is 0 Å². The van der Waals surface area contributed by atoms with Crippen molar-refractivity contribution in [3.8, 4) is 5.75 Å². The van der Waals surface area contributed by atoms with E-state index in [1.807, 2.05) is 0 Å². The Bertz CT molecular complexity index is 1460. The lowest BCUT2D eigenvalue weighted by atomic mass is 9.58. The summed E-state index contributed by atoms with van der Waals surface area (Å²) in [6, 6.07) is -1.72. The number of hydrogen-bond donors (Lipinski definition) is 6. The van der Waals surface area contributed by atoms with E-state index >= 15 is 0 Å². The van der Waals surface area contributed by atoms with Crippen molar-refractivity contribution in [3.05, 3.63) is 45.2 Å². The number of aliphatic hydroxyl groups excluding tert-OH is 2. The molecule has 2 saturated heterocycles. The van der Waals surface area contributed by atoms with E-state index in [1.165, 1.54) is 19.0 Å². The summed E-state index contributed by atoms with van der Waals surface area (Å²) in [5, 5.41) is 47.3. The fourth-order valence-corrected chi connectivity index (χ4v) is 7.75. The Morgan fingerprint density at radius 3 is 2.49 bits per heavy atom. The number of Topliss-reactive ketones (excluding diaryl/α,β-unsaturated/α-hetero) is 1. The molecule has 7 N–H and O–H groups in total. The number of nitrogens with two attached hydrogens (primary N) is 1. The van der Waals surface area contributed by atoms with Crippen LogP contribution in [0.15, 0.2) is 23.0 Å². The number of aromatic hydroxyl groups is 1. The zero-order valence-electron chi connectivity index (χ0n) is 22.0. The summed E-state index contributed by atoms with van der Waals surface area (Å²) in [6.45, 7) is -0.769. The van der Waals surface area contributed by atoms with Gasteiger partial charge in [0.1, 0.15) is 29.5 Å². The first-order chi connectivity index (χ1) is 19.1. The van der Waals surface area contributed by atoms with Gasteiger partial charge in [0.25, 0.3) is 5.91 Å². The number of halogens is 4. The van der Waals surface area contributed by atoms with Crippen LogP contribution in [0.5, 0.6) is 5.75 Å². The first kappa shape index (κ1) is 27.9. The van der Waals surface area contributed by atoms with E-state index in [0.717, 1.165) is 6.07 Å². The summed E-state index contributed by atoms with van der Waals surface area (Å²) < 4.78 is 62.8. The van der Waals surface area contributed by atoms with Gasteiger partial charge in [-0.15, -0.1) is 0 Å². The average Bonchev–Trinajstić information content (AvgIpc) is 3.23. The number of epoxide rings is 1. The predicted octanol–water partition coefficient (Wildman–Crippen LogP) is 1.90. The number of phenols is 1. The number of rotatable bonds is 4. The number of fused-ring (bicyclic) bond motifs is 2. The van der Waals surface area contributed by atoms with Gasteiger partial charge < -0.3 is 36.2 Å². The summed E-state index contributed by atoms with van der Waals surface area (Å²) >= 11 is 0. The maximum absolute atomic E-state index is 14.7. The number of carbonyl (C=O) groups is 2.